The summed E-state index contributed by atoms with van der Waals surface area (Å²) in [6.45, 7) is 0. The van der Waals surface area contributed by atoms with E-state index in [9.17, 15) is 8.78 Å². The molecular weight excluding hydrogens is 160 g/mol. The van der Waals surface area contributed by atoms with Crippen molar-refractivity contribution < 1.29 is 8.78 Å². The fourth-order valence-electron chi connectivity index (χ4n) is 1.68. The molecule has 1 aromatic rings. The topological polar surface area (TPSA) is 26.0 Å². The molecule has 0 radical (unpaired) electrons. The van der Waals surface area contributed by atoms with E-state index in [0.717, 1.165) is 11.6 Å². The Bertz CT molecular complexity index is 323. The molecule has 2 N–H and O–H groups in total. The predicted molar refractivity (Wildman–Crippen MR) is 41.7 cm³/mol. The Kier molecular flexibility index (Phi) is 1.61. The molecule has 0 saturated carbocycles. The van der Waals surface area contributed by atoms with E-state index >= 15 is 0 Å². The molecule has 1 nitrogen and oxygen atoms in total. The molecule has 1 unspecified atom stereocenters. The summed E-state index contributed by atoms with van der Waals surface area (Å²) < 4.78 is 25.7. The molecule has 0 fully saturated rings. The second-order valence-electron chi connectivity index (χ2n) is 3.19. The van der Waals surface area contributed by atoms with E-state index in [1.807, 2.05) is 0 Å². The van der Waals surface area contributed by atoms with Gasteiger partial charge in [-0.25, -0.2) is 8.78 Å². The summed E-state index contributed by atoms with van der Waals surface area (Å²) in [5.74, 6) is -0.974. The van der Waals surface area contributed by atoms with Gasteiger partial charge in [0.05, 0.1) is 0 Å². The molecule has 0 amide bonds. The first-order valence-electron chi connectivity index (χ1n) is 3.89. The number of hydrogen-bond acceptors (Lipinski definition) is 1. The van der Waals surface area contributed by atoms with Gasteiger partial charge in [0, 0.05) is 12.1 Å². The van der Waals surface area contributed by atoms with Crippen molar-refractivity contribution in [3.05, 3.63) is 34.9 Å². The van der Waals surface area contributed by atoms with Crippen LogP contribution >= 0.6 is 0 Å². The minimum atomic E-state index is -0.514. The fourth-order valence-corrected chi connectivity index (χ4v) is 1.68. The SMILES string of the molecule is NC1Cc2cc(F)cc(F)c2C1. The lowest BCUT2D eigenvalue weighted by atomic mass is 10.1. The van der Waals surface area contributed by atoms with Crippen molar-refractivity contribution in [3.8, 4) is 0 Å². The molecule has 1 aliphatic rings. The summed E-state index contributed by atoms with van der Waals surface area (Å²) >= 11 is 0. The van der Waals surface area contributed by atoms with E-state index in [-0.39, 0.29) is 6.04 Å². The summed E-state index contributed by atoms with van der Waals surface area (Å²) in [6, 6.07) is 2.23. The summed E-state index contributed by atoms with van der Waals surface area (Å²) in [6.07, 6.45) is 1.12. The second kappa shape index (κ2) is 2.52. The third-order valence-electron chi connectivity index (χ3n) is 2.20. The Labute approximate surface area is 69.2 Å². The third-order valence-corrected chi connectivity index (χ3v) is 2.20. The quantitative estimate of drug-likeness (QED) is 0.624. The molecule has 64 valence electrons. The van der Waals surface area contributed by atoms with Gasteiger partial charge < -0.3 is 5.73 Å². The van der Waals surface area contributed by atoms with Crippen molar-refractivity contribution >= 4 is 0 Å². The Hall–Kier alpha value is -0.960. The van der Waals surface area contributed by atoms with Crippen LogP contribution in [0.4, 0.5) is 8.78 Å². The van der Waals surface area contributed by atoms with Crippen molar-refractivity contribution in [2.45, 2.75) is 18.9 Å². The first-order valence-corrected chi connectivity index (χ1v) is 3.89. The summed E-state index contributed by atoms with van der Waals surface area (Å²) in [4.78, 5) is 0. The number of rotatable bonds is 0. The Balaban J connectivity index is 2.52. The monoisotopic (exact) mass is 169 g/mol. The van der Waals surface area contributed by atoms with Crippen LogP contribution < -0.4 is 5.73 Å². The summed E-state index contributed by atoms with van der Waals surface area (Å²) in [5.41, 5.74) is 6.92. The first-order chi connectivity index (χ1) is 5.66. The average molecular weight is 169 g/mol. The van der Waals surface area contributed by atoms with Gasteiger partial charge in [-0.2, -0.15) is 0 Å². The number of nitrogens with two attached hydrogens (primary N) is 1. The fraction of sp³-hybridized carbons (Fsp3) is 0.333. The van der Waals surface area contributed by atoms with Gasteiger partial charge in [0.15, 0.2) is 0 Å². The number of hydrogen-bond donors (Lipinski definition) is 1. The van der Waals surface area contributed by atoms with E-state index in [1.165, 1.54) is 6.07 Å². The minimum absolute atomic E-state index is 0.0451. The molecule has 3 heteroatoms. The highest BCUT2D eigenvalue weighted by Crippen LogP contribution is 2.24. The van der Waals surface area contributed by atoms with Crippen molar-refractivity contribution in [1.82, 2.24) is 0 Å². The van der Waals surface area contributed by atoms with Crippen LogP contribution in [0.15, 0.2) is 12.1 Å². The van der Waals surface area contributed by atoms with Gasteiger partial charge in [0.2, 0.25) is 0 Å². The van der Waals surface area contributed by atoms with E-state index < -0.39 is 11.6 Å². The zero-order valence-electron chi connectivity index (χ0n) is 6.48. The number of benzene rings is 1. The lowest BCUT2D eigenvalue weighted by Gasteiger charge is -1.99. The van der Waals surface area contributed by atoms with Crippen molar-refractivity contribution in [3.63, 3.8) is 0 Å². The molecule has 0 heterocycles. The molecule has 0 aromatic heterocycles. The van der Waals surface area contributed by atoms with Crippen LogP contribution in [-0.4, -0.2) is 6.04 Å². The largest absolute Gasteiger partial charge is 0.327 e. The molecule has 0 spiro atoms. The molecule has 1 aromatic carbocycles. The van der Waals surface area contributed by atoms with Crippen molar-refractivity contribution in [2.75, 3.05) is 0 Å². The van der Waals surface area contributed by atoms with E-state index in [0.29, 0.717) is 18.4 Å². The van der Waals surface area contributed by atoms with Crippen LogP contribution in [0.2, 0.25) is 0 Å². The van der Waals surface area contributed by atoms with Crippen LogP contribution in [0.5, 0.6) is 0 Å². The lowest BCUT2D eigenvalue weighted by molar-refractivity contribution is 0.573. The summed E-state index contributed by atoms with van der Waals surface area (Å²) in [5, 5.41) is 0. The zero-order valence-corrected chi connectivity index (χ0v) is 6.48. The van der Waals surface area contributed by atoms with Gasteiger partial charge in [-0.3, -0.25) is 0 Å². The van der Waals surface area contributed by atoms with E-state index in [2.05, 4.69) is 0 Å². The molecule has 12 heavy (non-hydrogen) atoms. The van der Waals surface area contributed by atoms with Gasteiger partial charge in [-0.15, -0.1) is 0 Å². The minimum Gasteiger partial charge on any atom is -0.327 e. The van der Waals surface area contributed by atoms with Gasteiger partial charge >= 0.3 is 0 Å². The molecule has 1 atom stereocenters. The van der Waals surface area contributed by atoms with E-state index in [4.69, 9.17) is 5.73 Å². The van der Waals surface area contributed by atoms with Gasteiger partial charge in [0.1, 0.15) is 11.6 Å². The Morgan fingerprint density at radius 3 is 2.75 bits per heavy atom. The van der Waals surface area contributed by atoms with Gasteiger partial charge in [-0.05, 0) is 30.0 Å². The lowest BCUT2D eigenvalue weighted by Crippen LogP contribution is -2.19. The molecule has 2 rings (SSSR count). The molecule has 0 bridgehead atoms. The van der Waals surface area contributed by atoms with Crippen molar-refractivity contribution in [1.29, 1.82) is 0 Å². The van der Waals surface area contributed by atoms with Crippen LogP contribution in [0, 0.1) is 11.6 Å². The van der Waals surface area contributed by atoms with E-state index in [1.54, 1.807) is 0 Å². The highest BCUT2D eigenvalue weighted by Gasteiger charge is 2.22. The van der Waals surface area contributed by atoms with Gasteiger partial charge in [-0.1, -0.05) is 0 Å². The average Bonchev–Trinajstić information content (AvgIpc) is 2.29. The number of halogens is 2. The second-order valence-corrected chi connectivity index (χ2v) is 3.19. The maximum absolute atomic E-state index is 13.0. The molecular formula is C9H9F2N. The number of fused-ring (bicyclic) bond motifs is 1. The van der Waals surface area contributed by atoms with Crippen LogP contribution in [0.25, 0.3) is 0 Å². The maximum Gasteiger partial charge on any atom is 0.129 e. The third kappa shape index (κ3) is 1.10. The zero-order chi connectivity index (χ0) is 8.72. The summed E-state index contributed by atoms with van der Waals surface area (Å²) in [7, 11) is 0. The van der Waals surface area contributed by atoms with Gasteiger partial charge in [0.25, 0.3) is 0 Å². The van der Waals surface area contributed by atoms with Crippen LogP contribution in [0.1, 0.15) is 11.1 Å². The predicted octanol–water partition coefficient (Wildman–Crippen LogP) is 1.39. The molecule has 0 saturated heterocycles. The Morgan fingerprint density at radius 1 is 1.25 bits per heavy atom. The normalized spacial score (nSPS) is 21.1. The highest BCUT2D eigenvalue weighted by atomic mass is 19.1. The first kappa shape index (κ1) is 7.68. The Morgan fingerprint density at radius 2 is 2.00 bits per heavy atom. The van der Waals surface area contributed by atoms with Crippen LogP contribution in [0.3, 0.4) is 0 Å². The maximum atomic E-state index is 13.0. The van der Waals surface area contributed by atoms with Crippen LogP contribution in [-0.2, 0) is 12.8 Å². The molecule has 0 aliphatic heterocycles. The highest BCUT2D eigenvalue weighted by molar-refractivity contribution is 5.35. The smallest absolute Gasteiger partial charge is 0.129 e. The standard InChI is InChI=1S/C9H9F2N/c10-6-1-5-2-7(12)4-8(5)9(11)3-6/h1,3,7H,2,4,12H2. The van der Waals surface area contributed by atoms with Crippen molar-refractivity contribution in [2.24, 2.45) is 5.73 Å². The molecule has 1 aliphatic carbocycles.